The van der Waals surface area contributed by atoms with Gasteiger partial charge in [0.1, 0.15) is 0 Å². The van der Waals surface area contributed by atoms with Crippen LogP contribution in [-0.4, -0.2) is 37.3 Å². The van der Waals surface area contributed by atoms with Gasteiger partial charge < -0.3 is 15.4 Å². The van der Waals surface area contributed by atoms with E-state index in [1.165, 1.54) is 12.1 Å². The number of hydrogen-bond acceptors (Lipinski definition) is 4. The Labute approximate surface area is 200 Å². The number of halogens is 5. The SMILES string of the molecule is CO[C@H]1CN(c2c(-c3ccc(C(F)(F)F)cc3)cncc2-c2cc(Cl)cc(Cl)c2)CC[C@H]1N. The van der Waals surface area contributed by atoms with Crippen LogP contribution in [0.25, 0.3) is 22.3 Å². The molecule has 2 heterocycles. The van der Waals surface area contributed by atoms with Crippen LogP contribution in [0.4, 0.5) is 18.9 Å². The van der Waals surface area contributed by atoms with Crippen LogP contribution in [0.3, 0.4) is 0 Å². The molecule has 2 N–H and O–H groups in total. The first-order valence-corrected chi connectivity index (χ1v) is 11.1. The molecule has 2 atom stereocenters. The molecule has 9 heteroatoms. The molecule has 1 aromatic heterocycles. The molecular weight excluding hydrogens is 474 g/mol. The van der Waals surface area contributed by atoms with Crippen molar-refractivity contribution in [2.24, 2.45) is 5.73 Å². The van der Waals surface area contributed by atoms with E-state index < -0.39 is 11.7 Å². The Kier molecular flexibility index (Phi) is 6.86. The first-order valence-electron chi connectivity index (χ1n) is 10.3. The Morgan fingerprint density at radius 2 is 1.61 bits per heavy atom. The van der Waals surface area contributed by atoms with Crippen LogP contribution in [0.1, 0.15) is 12.0 Å². The molecule has 0 radical (unpaired) electrons. The van der Waals surface area contributed by atoms with Crippen molar-refractivity contribution in [1.82, 2.24) is 4.98 Å². The first-order chi connectivity index (χ1) is 15.7. The fraction of sp³-hybridized carbons (Fsp3) is 0.292. The Morgan fingerprint density at radius 1 is 1.00 bits per heavy atom. The normalized spacial score (nSPS) is 19.1. The maximum absolute atomic E-state index is 13.1. The summed E-state index contributed by atoms with van der Waals surface area (Å²) < 4.78 is 44.9. The Hall–Kier alpha value is -2.32. The lowest BCUT2D eigenvalue weighted by Gasteiger charge is -2.39. The number of rotatable bonds is 4. The number of aromatic nitrogens is 1. The van der Waals surface area contributed by atoms with E-state index in [-0.39, 0.29) is 12.1 Å². The van der Waals surface area contributed by atoms with Crippen LogP contribution in [0.2, 0.25) is 10.0 Å². The lowest BCUT2D eigenvalue weighted by molar-refractivity contribution is -0.137. The average molecular weight is 496 g/mol. The highest BCUT2D eigenvalue weighted by Gasteiger charge is 2.32. The lowest BCUT2D eigenvalue weighted by atomic mass is 9.94. The van der Waals surface area contributed by atoms with Gasteiger partial charge in [-0.15, -0.1) is 0 Å². The summed E-state index contributed by atoms with van der Waals surface area (Å²) in [4.78, 5) is 6.52. The molecule has 1 saturated heterocycles. The second kappa shape index (κ2) is 9.50. The zero-order valence-corrected chi connectivity index (χ0v) is 19.3. The number of hydrogen-bond donors (Lipinski definition) is 1. The van der Waals surface area contributed by atoms with Crippen LogP contribution < -0.4 is 10.6 Å². The minimum atomic E-state index is -4.41. The van der Waals surface area contributed by atoms with E-state index in [1.54, 1.807) is 37.7 Å². The van der Waals surface area contributed by atoms with Gasteiger partial charge >= 0.3 is 6.18 Å². The summed E-state index contributed by atoms with van der Waals surface area (Å²) in [5, 5.41) is 0.942. The van der Waals surface area contributed by atoms with Crippen molar-refractivity contribution in [3.63, 3.8) is 0 Å². The molecule has 1 fully saturated rings. The van der Waals surface area contributed by atoms with E-state index in [0.29, 0.717) is 40.7 Å². The van der Waals surface area contributed by atoms with Crippen LogP contribution in [0.15, 0.2) is 54.9 Å². The standard InChI is InChI=1S/C24H22Cl2F3N3O/c1-33-22-13-32(7-6-21(22)30)23-19(14-2-4-16(5-3-14)24(27,28)29)11-31-12-20(23)15-8-17(25)10-18(26)9-15/h2-5,8-12,21-22H,6-7,13,30H2,1H3/t21-,22+/m1/s1. The third-order valence-corrected chi connectivity index (χ3v) is 6.28. The Balaban J connectivity index is 1.88. The van der Waals surface area contributed by atoms with Crippen molar-refractivity contribution >= 4 is 28.9 Å². The predicted molar refractivity (Wildman–Crippen MR) is 126 cm³/mol. The summed E-state index contributed by atoms with van der Waals surface area (Å²) in [7, 11) is 1.62. The van der Waals surface area contributed by atoms with Crippen molar-refractivity contribution in [1.29, 1.82) is 0 Å². The lowest BCUT2D eigenvalue weighted by Crippen LogP contribution is -2.51. The largest absolute Gasteiger partial charge is 0.416 e. The number of benzene rings is 2. The molecule has 1 aliphatic rings. The number of nitrogens with zero attached hydrogens (tertiary/aromatic N) is 2. The highest BCUT2D eigenvalue weighted by molar-refractivity contribution is 6.35. The minimum Gasteiger partial charge on any atom is -0.378 e. The van der Waals surface area contributed by atoms with Gasteiger partial charge in [-0.2, -0.15) is 13.2 Å². The molecule has 2 aromatic carbocycles. The summed E-state index contributed by atoms with van der Waals surface area (Å²) in [6.45, 7) is 1.18. The summed E-state index contributed by atoms with van der Waals surface area (Å²) in [5.74, 6) is 0. The zero-order valence-electron chi connectivity index (χ0n) is 17.7. The smallest absolute Gasteiger partial charge is 0.378 e. The van der Waals surface area contributed by atoms with E-state index >= 15 is 0 Å². The highest BCUT2D eigenvalue weighted by atomic mass is 35.5. The summed E-state index contributed by atoms with van der Waals surface area (Å²) in [6, 6.07) is 10.2. The number of anilines is 1. The van der Waals surface area contributed by atoms with E-state index in [4.69, 9.17) is 33.7 Å². The molecule has 4 rings (SSSR count). The molecule has 174 valence electrons. The average Bonchev–Trinajstić information content (AvgIpc) is 2.78. The number of methoxy groups -OCH3 is 1. The topological polar surface area (TPSA) is 51.4 Å². The molecule has 0 aliphatic carbocycles. The van der Waals surface area contributed by atoms with E-state index in [2.05, 4.69) is 9.88 Å². The zero-order chi connectivity index (χ0) is 23.8. The number of nitrogens with two attached hydrogens (primary N) is 1. The molecule has 0 unspecified atom stereocenters. The summed E-state index contributed by atoms with van der Waals surface area (Å²) in [5.41, 5.74) is 9.16. The van der Waals surface area contributed by atoms with E-state index in [9.17, 15) is 13.2 Å². The van der Waals surface area contributed by atoms with Gasteiger partial charge in [-0.3, -0.25) is 4.98 Å². The monoisotopic (exact) mass is 495 g/mol. The van der Waals surface area contributed by atoms with Gasteiger partial charge in [0.05, 0.1) is 17.4 Å². The second-order valence-corrected chi connectivity index (χ2v) is 8.86. The Morgan fingerprint density at radius 3 is 2.18 bits per heavy atom. The van der Waals surface area contributed by atoms with Gasteiger partial charge in [0.25, 0.3) is 0 Å². The van der Waals surface area contributed by atoms with Crippen molar-refractivity contribution in [3.8, 4) is 22.3 Å². The molecule has 0 amide bonds. The van der Waals surface area contributed by atoms with Crippen LogP contribution in [0, 0.1) is 0 Å². The van der Waals surface area contributed by atoms with Crippen molar-refractivity contribution < 1.29 is 17.9 Å². The molecule has 0 spiro atoms. The van der Waals surface area contributed by atoms with Gasteiger partial charge in [0, 0.05) is 59.8 Å². The van der Waals surface area contributed by atoms with Gasteiger partial charge in [0.2, 0.25) is 0 Å². The second-order valence-electron chi connectivity index (χ2n) is 7.99. The number of alkyl halides is 3. The fourth-order valence-corrected chi connectivity index (χ4v) is 4.68. The highest BCUT2D eigenvalue weighted by Crippen LogP contribution is 2.42. The first kappa shape index (κ1) is 23.8. The number of pyridine rings is 1. The van der Waals surface area contributed by atoms with Gasteiger partial charge in [-0.1, -0.05) is 35.3 Å². The molecule has 0 saturated carbocycles. The maximum atomic E-state index is 13.1. The molecular formula is C24H22Cl2F3N3O. The summed E-state index contributed by atoms with van der Waals surface area (Å²) in [6.07, 6.45) is -0.537. The molecule has 33 heavy (non-hydrogen) atoms. The molecule has 1 aliphatic heterocycles. The maximum Gasteiger partial charge on any atom is 0.416 e. The Bertz CT molecular complexity index is 1120. The molecule has 4 nitrogen and oxygen atoms in total. The van der Waals surface area contributed by atoms with Crippen molar-refractivity contribution in [2.75, 3.05) is 25.1 Å². The van der Waals surface area contributed by atoms with Crippen LogP contribution >= 0.6 is 23.2 Å². The third kappa shape index (κ3) is 5.11. The van der Waals surface area contributed by atoms with Gasteiger partial charge in [-0.25, -0.2) is 0 Å². The van der Waals surface area contributed by atoms with Crippen molar-refractivity contribution in [2.45, 2.75) is 24.7 Å². The summed E-state index contributed by atoms with van der Waals surface area (Å²) >= 11 is 12.5. The molecule has 3 aromatic rings. The van der Waals surface area contributed by atoms with Gasteiger partial charge in [-0.05, 0) is 47.9 Å². The van der Waals surface area contributed by atoms with Gasteiger partial charge in [0.15, 0.2) is 0 Å². The molecule has 0 bridgehead atoms. The number of piperidine rings is 1. The van der Waals surface area contributed by atoms with E-state index in [0.717, 1.165) is 28.9 Å². The van der Waals surface area contributed by atoms with Crippen LogP contribution in [-0.2, 0) is 10.9 Å². The van der Waals surface area contributed by atoms with E-state index in [1.807, 2.05) is 0 Å². The predicted octanol–water partition coefficient (Wildman–Crippen LogP) is 6.29. The third-order valence-electron chi connectivity index (χ3n) is 5.84. The minimum absolute atomic E-state index is 0.105. The van der Waals surface area contributed by atoms with Crippen LogP contribution in [0.5, 0.6) is 0 Å². The van der Waals surface area contributed by atoms with Crippen molar-refractivity contribution in [3.05, 3.63) is 70.5 Å². The fourth-order valence-electron chi connectivity index (χ4n) is 4.15. The quantitative estimate of drug-likeness (QED) is 0.461. The number of ether oxygens (including phenoxy) is 1.